The van der Waals surface area contributed by atoms with Crippen molar-refractivity contribution in [2.75, 3.05) is 6.54 Å². The summed E-state index contributed by atoms with van der Waals surface area (Å²) in [5.74, 6) is -0.536. The van der Waals surface area contributed by atoms with Gasteiger partial charge in [-0.15, -0.1) is 0 Å². The SMILES string of the molecule is C=C/C(Cl)=C(\C=C)CNC(=O)/C(C#N)=C/c1ccc(Cl)c(Cl)c1. The Bertz CT molecular complexity index is 743. The van der Waals surface area contributed by atoms with E-state index in [1.807, 2.05) is 6.07 Å². The highest BCUT2D eigenvalue weighted by atomic mass is 35.5. The van der Waals surface area contributed by atoms with Gasteiger partial charge in [0.2, 0.25) is 0 Å². The van der Waals surface area contributed by atoms with Crippen LogP contribution in [-0.4, -0.2) is 12.5 Å². The molecule has 1 aromatic rings. The van der Waals surface area contributed by atoms with Gasteiger partial charge < -0.3 is 5.32 Å². The molecule has 0 aliphatic heterocycles. The second-order valence-corrected chi connectivity index (χ2v) is 5.53. The standard InChI is InChI=1S/C17H13Cl3N2O/c1-3-12(14(18)4-2)10-22-17(23)13(9-21)7-11-5-6-15(19)16(20)8-11/h3-8H,1-2,10H2,(H,22,23)/b13-7+,14-12-. The van der Waals surface area contributed by atoms with Crippen LogP contribution in [0.15, 0.2) is 59.7 Å². The van der Waals surface area contributed by atoms with E-state index >= 15 is 0 Å². The summed E-state index contributed by atoms with van der Waals surface area (Å²) in [5.41, 5.74) is 1.12. The van der Waals surface area contributed by atoms with Crippen molar-refractivity contribution in [2.45, 2.75) is 0 Å². The molecule has 0 aliphatic rings. The number of nitrogens with zero attached hydrogens (tertiary/aromatic N) is 1. The molecule has 1 aromatic carbocycles. The Hall–Kier alpha value is -1.99. The van der Waals surface area contributed by atoms with Gasteiger partial charge in [-0.3, -0.25) is 4.79 Å². The average molecular weight is 368 g/mol. The summed E-state index contributed by atoms with van der Waals surface area (Å²) in [6, 6.07) is 6.66. The monoisotopic (exact) mass is 366 g/mol. The molecular formula is C17H13Cl3N2O. The Morgan fingerprint density at radius 3 is 2.48 bits per heavy atom. The molecule has 1 rings (SSSR count). The highest BCUT2D eigenvalue weighted by Gasteiger charge is 2.10. The van der Waals surface area contributed by atoms with Crippen molar-refractivity contribution >= 4 is 46.8 Å². The first-order chi connectivity index (χ1) is 10.9. The molecule has 0 saturated heterocycles. The van der Waals surface area contributed by atoms with Gasteiger partial charge in [-0.05, 0) is 29.3 Å². The van der Waals surface area contributed by atoms with E-state index in [0.29, 0.717) is 26.2 Å². The zero-order valence-corrected chi connectivity index (χ0v) is 14.3. The van der Waals surface area contributed by atoms with Crippen molar-refractivity contribution in [1.82, 2.24) is 5.32 Å². The zero-order chi connectivity index (χ0) is 17.4. The van der Waals surface area contributed by atoms with E-state index in [9.17, 15) is 4.79 Å². The molecule has 118 valence electrons. The first-order valence-corrected chi connectivity index (χ1v) is 7.54. The van der Waals surface area contributed by atoms with Crippen LogP contribution in [0.2, 0.25) is 10.0 Å². The van der Waals surface area contributed by atoms with E-state index in [1.54, 1.807) is 18.2 Å². The van der Waals surface area contributed by atoms with Crippen LogP contribution in [0.5, 0.6) is 0 Å². The molecule has 0 aromatic heterocycles. The predicted octanol–water partition coefficient (Wildman–Crippen LogP) is 4.88. The maximum absolute atomic E-state index is 12.1. The molecule has 23 heavy (non-hydrogen) atoms. The topological polar surface area (TPSA) is 52.9 Å². The lowest BCUT2D eigenvalue weighted by atomic mass is 10.1. The minimum atomic E-state index is -0.536. The third-order valence-corrected chi connectivity index (χ3v) is 3.93. The van der Waals surface area contributed by atoms with Gasteiger partial charge in [0, 0.05) is 11.6 Å². The molecule has 1 N–H and O–H groups in total. The van der Waals surface area contributed by atoms with Gasteiger partial charge in [0.25, 0.3) is 5.91 Å². The quantitative estimate of drug-likeness (QED) is 0.442. The van der Waals surface area contributed by atoms with Gasteiger partial charge in [-0.2, -0.15) is 5.26 Å². The Labute approximate surface area is 150 Å². The summed E-state index contributed by atoms with van der Waals surface area (Å²) in [5, 5.41) is 12.9. The summed E-state index contributed by atoms with van der Waals surface area (Å²) in [6.07, 6.45) is 4.38. The zero-order valence-electron chi connectivity index (χ0n) is 12.1. The fourth-order valence-corrected chi connectivity index (χ4v) is 2.02. The van der Waals surface area contributed by atoms with Crippen molar-refractivity contribution < 1.29 is 4.79 Å². The van der Waals surface area contributed by atoms with Crippen LogP contribution in [0.3, 0.4) is 0 Å². The lowest BCUT2D eigenvalue weighted by Gasteiger charge is -2.06. The number of allylic oxidation sites excluding steroid dienone is 2. The summed E-state index contributed by atoms with van der Waals surface area (Å²) in [4.78, 5) is 12.1. The van der Waals surface area contributed by atoms with Crippen molar-refractivity contribution in [3.63, 3.8) is 0 Å². The van der Waals surface area contributed by atoms with E-state index in [0.717, 1.165) is 0 Å². The number of amides is 1. The molecule has 0 fully saturated rings. The summed E-state index contributed by atoms with van der Waals surface area (Å²) < 4.78 is 0. The third-order valence-electron chi connectivity index (χ3n) is 2.79. The van der Waals surface area contributed by atoms with Crippen LogP contribution >= 0.6 is 34.8 Å². The number of carbonyl (C=O) groups is 1. The minimum absolute atomic E-state index is 0.0680. The largest absolute Gasteiger partial charge is 0.347 e. The van der Waals surface area contributed by atoms with Crippen molar-refractivity contribution in [1.29, 1.82) is 5.26 Å². The van der Waals surface area contributed by atoms with E-state index in [4.69, 9.17) is 40.1 Å². The summed E-state index contributed by atoms with van der Waals surface area (Å²) in [6.45, 7) is 7.28. The lowest BCUT2D eigenvalue weighted by Crippen LogP contribution is -2.26. The molecule has 0 spiro atoms. The van der Waals surface area contributed by atoms with Gasteiger partial charge in [-0.25, -0.2) is 0 Å². The molecule has 0 heterocycles. The molecule has 6 heteroatoms. The van der Waals surface area contributed by atoms with Crippen LogP contribution < -0.4 is 5.32 Å². The molecule has 0 bridgehead atoms. The molecule has 0 aliphatic carbocycles. The fraction of sp³-hybridized carbons (Fsp3) is 0.0588. The molecule has 1 amide bonds. The number of carbonyl (C=O) groups excluding carboxylic acids is 1. The number of rotatable bonds is 6. The number of halogens is 3. The third kappa shape index (κ3) is 5.61. The number of hydrogen-bond donors (Lipinski definition) is 1. The first kappa shape index (κ1) is 19.1. The van der Waals surface area contributed by atoms with Crippen molar-refractivity contribution in [2.24, 2.45) is 0 Å². The van der Waals surface area contributed by atoms with E-state index < -0.39 is 5.91 Å². The molecular weight excluding hydrogens is 355 g/mol. The van der Waals surface area contributed by atoms with Gasteiger partial charge >= 0.3 is 0 Å². The fourth-order valence-electron chi connectivity index (χ4n) is 1.57. The highest BCUT2D eigenvalue weighted by molar-refractivity contribution is 6.42. The van der Waals surface area contributed by atoms with Crippen molar-refractivity contribution in [3.8, 4) is 6.07 Å². The highest BCUT2D eigenvalue weighted by Crippen LogP contribution is 2.23. The van der Waals surface area contributed by atoms with E-state index in [2.05, 4.69) is 18.5 Å². The van der Waals surface area contributed by atoms with E-state index in [-0.39, 0.29) is 12.1 Å². The number of hydrogen-bond acceptors (Lipinski definition) is 2. The van der Waals surface area contributed by atoms with Gasteiger partial charge in [0.05, 0.1) is 10.0 Å². The van der Waals surface area contributed by atoms with Crippen molar-refractivity contribution in [3.05, 3.63) is 75.3 Å². The predicted molar refractivity (Wildman–Crippen MR) is 96.3 cm³/mol. The molecule has 0 saturated carbocycles. The normalized spacial score (nSPS) is 12.0. The van der Waals surface area contributed by atoms with Gasteiger partial charge in [0.1, 0.15) is 11.6 Å². The molecule has 0 radical (unpaired) electrons. The number of nitrogens with one attached hydrogen (secondary N) is 1. The first-order valence-electron chi connectivity index (χ1n) is 6.41. The average Bonchev–Trinajstić information content (AvgIpc) is 2.55. The minimum Gasteiger partial charge on any atom is -0.347 e. The number of nitriles is 1. The molecule has 0 unspecified atom stereocenters. The van der Waals surface area contributed by atoms with Gasteiger partial charge in [-0.1, -0.05) is 66.2 Å². The Morgan fingerprint density at radius 2 is 1.96 bits per heavy atom. The molecule has 0 atom stereocenters. The second kappa shape index (κ2) is 9.22. The van der Waals surface area contributed by atoms with Crippen LogP contribution in [0.25, 0.3) is 6.08 Å². The lowest BCUT2D eigenvalue weighted by molar-refractivity contribution is -0.116. The maximum Gasteiger partial charge on any atom is 0.262 e. The maximum atomic E-state index is 12.1. The Balaban J connectivity index is 2.93. The van der Waals surface area contributed by atoms with Crippen LogP contribution in [-0.2, 0) is 4.79 Å². The van der Waals surface area contributed by atoms with Crippen LogP contribution in [0.4, 0.5) is 0 Å². The number of benzene rings is 1. The summed E-state index contributed by atoms with van der Waals surface area (Å²) in [7, 11) is 0. The van der Waals surface area contributed by atoms with Crippen LogP contribution in [0.1, 0.15) is 5.56 Å². The van der Waals surface area contributed by atoms with Crippen LogP contribution in [0, 0.1) is 11.3 Å². The summed E-state index contributed by atoms with van der Waals surface area (Å²) >= 11 is 17.7. The Kier molecular flexibility index (Phi) is 7.64. The van der Waals surface area contributed by atoms with E-state index in [1.165, 1.54) is 18.2 Å². The van der Waals surface area contributed by atoms with Gasteiger partial charge in [0.15, 0.2) is 0 Å². The molecule has 3 nitrogen and oxygen atoms in total. The smallest absolute Gasteiger partial charge is 0.262 e. The Morgan fingerprint density at radius 1 is 1.26 bits per heavy atom. The second-order valence-electron chi connectivity index (χ2n) is 4.31.